The molecule has 4 aromatic rings. The molecule has 0 saturated carbocycles. The number of carbonyl (C=O) groups is 1. The Kier molecular flexibility index (Phi) is 7.45. The van der Waals surface area contributed by atoms with E-state index >= 15 is 0 Å². The summed E-state index contributed by atoms with van der Waals surface area (Å²) in [6, 6.07) is 22.6. The number of aromatic carboxylic acids is 1. The zero-order valence-corrected chi connectivity index (χ0v) is 24.5. The van der Waals surface area contributed by atoms with Gasteiger partial charge in [0.15, 0.2) is 5.11 Å². The molecule has 6 rings (SSSR count). The maximum Gasteiger partial charge on any atom is 0.335 e. The number of aromatic nitrogens is 2. The molecular weight excluding hydrogens is 554 g/mol. The number of nitrogens with zero attached hydrogens (tertiary/aromatic N) is 4. The zero-order valence-electron chi connectivity index (χ0n) is 22.9. The van der Waals surface area contributed by atoms with E-state index in [0.717, 1.165) is 41.5 Å². The number of hydrogen-bond donors (Lipinski definition) is 2. The lowest BCUT2D eigenvalue weighted by Gasteiger charge is -2.37. The summed E-state index contributed by atoms with van der Waals surface area (Å²) in [5.41, 5.74) is 4.89. The normalized spacial score (nSPS) is 22.6. The highest BCUT2D eigenvalue weighted by Crippen LogP contribution is 2.44. The molecule has 2 aliphatic rings. The maximum absolute atomic E-state index is 11.4. The zero-order chi connectivity index (χ0) is 28.7. The first-order valence-electron chi connectivity index (χ1n) is 13.9. The highest BCUT2D eigenvalue weighted by atomic mass is 35.5. The average Bonchev–Trinajstić information content (AvgIpc) is 3.57. The molecule has 41 heavy (non-hydrogen) atoms. The molecule has 0 amide bonds. The van der Waals surface area contributed by atoms with Crippen molar-refractivity contribution in [1.82, 2.24) is 14.9 Å². The Hall–Kier alpha value is -3.88. The van der Waals surface area contributed by atoms with Crippen molar-refractivity contribution in [2.75, 3.05) is 22.9 Å². The fourth-order valence-electron chi connectivity index (χ4n) is 6.33. The topological polar surface area (TPSA) is 73.6 Å². The number of carboxylic acids is 1. The summed E-state index contributed by atoms with van der Waals surface area (Å²) < 4.78 is 2.07. The van der Waals surface area contributed by atoms with Crippen molar-refractivity contribution < 1.29 is 9.90 Å². The van der Waals surface area contributed by atoms with E-state index in [4.69, 9.17) is 23.8 Å². The summed E-state index contributed by atoms with van der Waals surface area (Å²) >= 11 is 12.9. The molecule has 0 aliphatic carbocycles. The lowest BCUT2D eigenvalue weighted by molar-refractivity contribution is 0.0697. The second kappa shape index (κ2) is 11.2. The second-order valence-electron chi connectivity index (χ2n) is 11.1. The van der Waals surface area contributed by atoms with E-state index in [1.807, 2.05) is 48.7 Å². The molecule has 2 aromatic carbocycles. The van der Waals surface area contributed by atoms with Gasteiger partial charge >= 0.3 is 5.97 Å². The van der Waals surface area contributed by atoms with Gasteiger partial charge < -0.3 is 24.8 Å². The molecule has 4 heterocycles. The van der Waals surface area contributed by atoms with Gasteiger partial charge in [0.1, 0.15) is 6.04 Å². The van der Waals surface area contributed by atoms with Gasteiger partial charge in [-0.25, -0.2) is 4.79 Å². The number of rotatable bonds is 6. The van der Waals surface area contributed by atoms with E-state index in [0.29, 0.717) is 22.0 Å². The van der Waals surface area contributed by atoms with Crippen LogP contribution in [-0.2, 0) is 0 Å². The highest BCUT2D eigenvalue weighted by molar-refractivity contribution is 7.80. The summed E-state index contributed by atoms with van der Waals surface area (Å²) in [6.45, 7) is 6.58. The van der Waals surface area contributed by atoms with E-state index in [1.165, 1.54) is 6.42 Å². The van der Waals surface area contributed by atoms with Crippen LogP contribution >= 0.6 is 23.8 Å². The monoisotopic (exact) mass is 585 g/mol. The first-order chi connectivity index (χ1) is 19.8. The molecule has 4 atom stereocenters. The first-order valence-corrected chi connectivity index (χ1v) is 14.6. The number of thiocarbonyl (C=S) groups is 1. The number of nitrogens with one attached hydrogen (secondary N) is 1. The summed E-state index contributed by atoms with van der Waals surface area (Å²) in [4.78, 5) is 20.6. The predicted octanol–water partition coefficient (Wildman–Crippen LogP) is 6.88. The molecule has 2 fully saturated rings. The van der Waals surface area contributed by atoms with Gasteiger partial charge in [0.05, 0.1) is 28.0 Å². The van der Waals surface area contributed by atoms with Gasteiger partial charge in [-0.05, 0) is 97.2 Å². The smallest absolute Gasteiger partial charge is 0.335 e. The van der Waals surface area contributed by atoms with Gasteiger partial charge in [-0.3, -0.25) is 4.98 Å². The summed E-state index contributed by atoms with van der Waals surface area (Å²) in [7, 11) is 0. The van der Waals surface area contributed by atoms with Crippen LogP contribution in [0.2, 0.25) is 5.02 Å². The van der Waals surface area contributed by atoms with Crippen LogP contribution in [0.4, 0.5) is 11.4 Å². The largest absolute Gasteiger partial charge is 0.478 e. The molecule has 2 N–H and O–H groups in total. The number of pyridine rings is 1. The van der Waals surface area contributed by atoms with Crippen LogP contribution in [0.15, 0.2) is 85.2 Å². The number of hydrogen-bond acceptors (Lipinski definition) is 4. The number of halogens is 1. The van der Waals surface area contributed by atoms with Crippen LogP contribution in [0, 0.1) is 11.8 Å². The Labute approximate surface area is 250 Å². The molecule has 210 valence electrons. The van der Waals surface area contributed by atoms with Crippen LogP contribution in [0.5, 0.6) is 0 Å². The third-order valence-corrected chi connectivity index (χ3v) is 8.61. The molecule has 0 unspecified atom stereocenters. The van der Waals surface area contributed by atoms with E-state index in [9.17, 15) is 9.90 Å². The first kappa shape index (κ1) is 27.3. The van der Waals surface area contributed by atoms with Crippen molar-refractivity contribution in [3.63, 3.8) is 0 Å². The van der Waals surface area contributed by atoms with E-state index in [1.54, 1.807) is 18.3 Å². The summed E-state index contributed by atoms with van der Waals surface area (Å²) in [5, 5.41) is 14.2. The minimum atomic E-state index is -0.954. The number of carboxylic acid groups (broad SMARTS) is 1. The number of benzene rings is 2. The molecule has 0 radical (unpaired) electrons. The molecule has 7 nitrogen and oxygen atoms in total. The Bertz CT molecular complexity index is 1560. The average molecular weight is 586 g/mol. The van der Waals surface area contributed by atoms with Gasteiger partial charge in [0, 0.05) is 42.6 Å². The van der Waals surface area contributed by atoms with Crippen LogP contribution in [0.25, 0.3) is 5.69 Å². The molecule has 2 aliphatic heterocycles. The molecule has 0 spiro atoms. The Morgan fingerprint density at radius 2 is 1.73 bits per heavy atom. The van der Waals surface area contributed by atoms with Crippen LogP contribution < -0.4 is 15.1 Å². The number of piperidine rings is 1. The molecule has 2 saturated heterocycles. The third kappa shape index (κ3) is 5.29. The summed E-state index contributed by atoms with van der Waals surface area (Å²) in [6.07, 6.45) is 5.00. The van der Waals surface area contributed by atoms with Crippen molar-refractivity contribution in [2.45, 2.75) is 32.4 Å². The van der Waals surface area contributed by atoms with Crippen LogP contribution in [0.1, 0.15) is 54.1 Å². The molecular formula is C32H32ClN5O2S. The van der Waals surface area contributed by atoms with Gasteiger partial charge in [-0.1, -0.05) is 31.5 Å². The van der Waals surface area contributed by atoms with Crippen molar-refractivity contribution >= 4 is 46.3 Å². The lowest BCUT2D eigenvalue weighted by Crippen LogP contribution is -2.38. The lowest BCUT2D eigenvalue weighted by atomic mass is 9.91. The Morgan fingerprint density at radius 3 is 2.39 bits per heavy atom. The van der Waals surface area contributed by atoms with Crippen LogP contribution in [-0.4, -0.2) is 38.8 Å². The minimum absolute atomic E-state index is 0.224. The Balaban J connectivity index is 1.41. The van der Waals surface area contributed by atoms with Crippen molar-refractivity contribution in [2.24, 2.45) is 11.8 Å². The minimum Gasteiger partial charge on any atom is -0.478 e. The standard InChI is InChI=1S/C32H32ClN5O2S/c1-20-16-21(2)19-36(18-20)27-13-12-24(17-25(27)33)38-30(29(35-32(38)41)26-6-3-4-14-34-26)28-7-5-15-37(28)23-10-8-22(9-11-23)31(39)40/h3-15,17,20-21,29-30H,16,18-19H2,1-2H3,(H,35,41)(H,39,40)/t20-,21+,29-,30+/m1/s1. The van der Waals surface area contributed by atoms with E-state index in [2.05, 4.69) is 56.7 Å². The number of anilines is 2. The van der Waals surface area contributed by atoms with Crippen molar-refractivity contribution in [3.05, 3.63) is 107 Å². The van der Waals surface area contributed by atoms with Gasteiger partial charge in [-0.15, -0.1) is 0 Å². The highest BCUT2D eigenvalue weighted by Gasteiger charge is 2.42. The van der Waals surface area contributed by atoms with E-state index in [-0.39, 0.29) is 17.6 Å². The van der Waals surface area contributed by atoms with Gasteiger partial charge in [0.2, 0.25) is 0 Å². The predicted molar refractivity (Wildman–Crippen MR) is 167 cm³/mol. The fourth-order valence-corrected chi connectivity index (χ4v) is 6.97. The third-order valence-electron chi connectivity index (χ3n) is 7.99. The second-order valence-corrected chi connectivity index (χ2v) is 11.9. The molecule has 0 bridgehead atoms. The van der Waals surface area contributed by atoms with Crippen molar-refractivity contribution in [1.29, 1.82) is 0 Å². The van der Waals surface area contributed by atoms with Crippen molar-refractivity contribution in [3.8, 4) is 5.69 Å². The van der Waals surface area contributed by atoms with Crippen LogP contribution in [0.3, 0.4) is 0 Å². The maximum atomic E-state index is 11.4. The Morgan fingerprint density at radius 1 is 1.00 bits per heavy atom. The molecule has 9 heteroatoms. The summed E-state index contributed by atoms with van der Waals surface area (Å²) in [5.74, 6) is 0.279. The fraction of sp³-hybridized carbons (Fsp3) is 0.281. The molecule has 2 aromatic heterocycles. The van der Waals surface area contributed by atoms with Gasteiger partial charge in [0.25, 0.3) is 0 Å². The quantitative estimate of drug-likeness (QED) is 0.239. The SMILES string of the molecule is C[C@@H]1C[C@H](C)CN(c2ccc(N3C(=S)N[C@H](c4ccccn4)[C@@H]3c3cccn3-c3ccc(C(=O)O)cc3)cc2Cl)C1. The van der Waals surface area contributed by atoms with Gasteiger partial charge in [-0.2, -0.15) is 0 Å². The van der Waals surface area contributed by atoms with E-state index < -0.39 is 5.97 Å².